The Balaban J connectivity index is 1.57. The zero-order chi connectivity index (χ0) is 12.2. The van der Waals surface area contributed by atoms with Crippen molar-refractivity contribution >= 4 is 11.5 Å². The Kier molecular flexibility index (Phi) is 3.43. The molecule has 0 spiro atoms. The summed E-state index contributed by atoms with van der Waals surface area (Å²) in [5.41, 5.74) is 0.978. The van der Waals surface area contributed by atoms with Crippen molar-refractivity contribution in [3.05, 3.63) is 30.6 Å². The molecule has 1 aliphatic heterocycles. The third-order valence-electron chi connectivity index (χ3n) is 3.27. The summed E-state index contributed by atoms with van der Waals surface area (Å²) in [7, 11) is 0. The summed E-state index contributed by atoms with van der Waals surface area (Å²) >= 11 is 0. The third-order valence-corrected chi connectivity index (χ3v) is 3.27. The molecule has 1 N–H and O–H groups in total. The van der Waals surface area contributed by atoms with Crippen LogP contribution in [0.15, 0.2) is 30.6 Å². The second-order valence-electron chi connectivity index (χ2n) is 4.45. The number of nitrogens with zero attached hydrogens (tertiary/aromatic N) is 3. The predicted octanol–water partition coefficient (Wildman–Crippen LogP) is 1.08. The fraction of sp³-hybridized carbons (Fsp3) is 0.462. The van der Waals surface area contributed by atoms with Gasteiger partial charge in [0.2, 0.25) is 0 Å². The molecular weight excluding hydrogens is 228 g/mol. The highest BCUT2D eigenvalue weighted by atomic mass is 16.5. The molecule has 96 valence electrons. The first-order valence-corrected chi connectivity index (χ1v) is 6.39. The Bertz CT molecular complexity index is 504. The van der Waals surface area contributed by atoms with E-state index in [2.05, 4.69) is 25.7 Å². The molecule has 2 aromatic heterocycles. The van der Waals surface area contributed by atoms with Gasteiger partial charge in [-0.3, -0.25) is 9.30 Å². The molecule has 0 aliphatic carbocycles. The highest BCUT2D eigenvalue weighted by Crippen LogP contribution is 2.10. The van der Waals surface area contributed by atoms with E-state index in [1.54, 1.807) is 0 Å². The average molecular weight is 246 g/mol. The van der Waals surface area contributed by atoms with E-state index in [0.29, 0.717) is 0 Å². The first-order chi connectivity index (χ1) is 8.93. The summed E-state index contributed by atoms with van der Waals surface area (Å²) in [6.07, 6.45) is 3.80. The summed E-state index contributed by atoms with van der Waals surface area (Å²) in [5.74, 6) is 1.10. The van der Waals surface area contributed by atoms with Gasteiger partial charge in [-0.2, -0.15) is 0 Å². The summed E-state index contributed by atoms with van der Waals surface area (Å²) in [4.78, 5) is 6.69. The van der Waals surface area contributed by atoms with E-state index >= 15 is 0 Å². The van der Waals surface area contributed by atoms with Gasteiger partial charge in [-0.15, -0.1) is 0 Å². The zero-order valence-electron chi connectivity index (χ0n) is 10.4. The zero-order valence-corrected chi connectivity index (χ0v) is 10.4. The number of morpholine rings is 1. The largest absolute Gasteiger partial charge is 0.379 e. The van der Waals surface area contributed by atoms with Gasteiger partial charge in [0.1, 0.15) is 11.5 Å². The van der Waals surface area contributed by atoms with E-state index in [1.807, 2.05) is 24.5 Å². The number of hydrogen-bond donors (Lipinski definition) is 1. The molecule has 0 unspecified atom stereocenters. The lowest BCUT2D eigenvalue weighted by Gasteiger charge is -2.26. The Morgan fingerprint density at radius 1 is 1.28 bits per heavy atom. The van der Waals surface area contributed by atoms with Crippen LogP contribution in [-0.4, -0.2) is 53.7 Å². The van der Waals surface area contributed by atoms with Crippen LogP contribution in [0.5, 0.6) is 0 Å². The number of rotatable bonds is 4. The number of fused-ring (bicyclic) bond motifs is 1. The maximum atomic E-state index is 5.34. The summed E-state index contributed by atoms with van der Waals surface area (Å²) < 4.78 is 7.41. The van der Waals surface area contributed by atoms with Crippen molar-refractivity contribution in [2.24, 2.45) is 0 Å². The number of nitrogens with one attached hydrogen (secondary N) is 1. The molecule has 2 aromatic rings. The molecule has 5 nitrogen and oxygen atoms in total. The minimum absolute atomic E-state index is 0.858. The minimum atomic E-state index is 0.858. The maximum Gasteiger partial charge on any atom is 0.138 e. The lowest BCUT2D eigenvalue weighted by molar-refractivity contribution is 0.0398. The molecule has 0 saturated carbocycles. The van der Waals surface area contributed by atoms with Crippen LogP contribution < -0.4 is 5.32 Å². The molecule has 0 bridgehead atoms. The van der Waals surface area contributed by atoms with Gasteiger partial charge >= 0.3 is 0 Å². The Morgan fingerprint density at radius 3 is 3.06 bits per heavy atom. The van der Waals surface area contributed by atoms with E-state index < -0.39 is 0 Å². The van der Waals surface area contributed by atoms with Crippen LogP contribution in [0, 0.1) is 0 Å². The Labute approximate surface area is 106 Å². The van der Waals surface area contributed by atoms with Gasteiger partial charge < -0.3 is 10.1 Å². The monoisotopic (exact) mass is 246 g/mol. The maximum absolute atomic E-state index is 5.34. The van der Waals surface area contributed by atoms with Gasteiger partial charge in [0.15, 0.2) is 0 Å². The molecule has 3 heterocycles. The summed E-state index contributed by atoms with van der Waals surface area (Å²) in [6.45, 7) is 5.79. The van der Waals surface area contributed by atoms with Gasteiger partial charge in [-0.1, -0.05) is 6.07 Å². The number of aromatic nitrogens is 2. The summed E-state index contributed by atoms with van der Waals surface area (Å²) in [6, 6.07) is 6.11. The van der Waals surface area contributed by atoms with Crippen molar-refractivity contribution in [3.63, 3.8) is 0 Å². The van der Waals surface area contributed by atoms with Crippen molar-refractivity contribution in [1.29, 1.82) is 0 Å². The van der Waals surface area contributed by atoms with E-state index in [4.69, 9.17) is 4.74 Å². The standard InChI is InChI=1S/C13H18N4O/c1-2-12(17-7-5-15-13(17)3-1)14-4-6-16-8-10-18-11-9-16/h1-3,5,7,14H,4,6,8-11H2. The van der Waals surface area contributed by atoms with Crippen LogP contribution in [0.3, 0.4) is 0 Å². The van der Waals surface area contributed by atoms with Gasteiger partial charge in [-0.05, 0) is 12.1 Å². The second-order valence-corrected chi connectivity index (χ2v) is 4.45. The van der Waals surface area contributed by atoms with Gasteiger partial charge in [-0.25, -0.2) is 4.98 Å². The van der Waals surface area contributed by atoms with Crippen molar-refractivity contribution in [1.82, 2.24) is 14.3 Å². The molecule has 1 saturated heterocycles. The Morgan fingerprint density at radius 2 is 2.17 bits per heavy atom. The summed E-state index contributed by atoms with van der Waals surface area (Å²) in [5, 5.41) is 3.46. The first kappa shape index (κ1) is 11.5. The van der Waals surface area contributed by atoms with Crippen LogP contribution in [0.4, 0.5) is 5.82 Å². The minimum Gasteiger partial charge on any atom is -0.379 e. The Hall–Kier alpha value is -1.59. The normalized spacial score (nSPS) is 17.1. The van der Waals surface area contributed by atoms with E-state index in [9.17, 15) is 0 Å². The van der Waals surface area contributed by atoms with Gasteiger partial charge in [0.25, 0.3) is 0 Å². The highest BCUT2D eigenvalue weighted by Gasteiger charge is 2.09. The van der Waals surface area contributed by atoms with Crippen LogP contribution >= 0.6 is 0 Å². The van der Waals surface area contributed by atoms with E-state index in [1.165, 1.54) is 0 Å². The smallest absolute Gasteiger partial charge is 0.138 e. The molecule has 0 aromatic carbocycles. The first-order valence-electron chi connectivity index (χ1n) is 6.39. The van der Waals surface area contributed by atoms with Gasteiger partial charge in [0, 0.05) is 38.6 Å². The molecule has 0 amide bonds. The topological polar surface area (TPSA) is 41.8 Å². The van der Waals surface area contributed by atoms with Gasteiger partial charge in [0.05, 0.1) is 13.2 Å². The molecule has 18 heavy (non-hydrogen) atoms. The van der Waals surface area contributed by atoms with Crippen LogP contribution in [0.25, 0.3) is 5.65 Å². The second kappa shape index (κ2) is 5.37. The number of imidazole rings is 1. The molecule has 3 rings (SSSR count). The SMILES string of the molecule is c1cc(NCCN2CCOCC2)n2ccnc2c1. The number of anilines is 1. The molecule has 0 radical (unpaired) electrons. The highest BCUT2D eigenvalue weighted by molar-refractivity contribution is 5.49. The quantitative estimate of drug-likeness (QED) is 0.876. The number of hydrogen-bond acceptors (Lipinski definition) is 4. The molecule has 0 atom stereocenters. The fourth-order valence-electron chi connectivity index (χ4n) is 2.26. The number of pyridine rings is 1. The average Bonchev–Trinajstić information content (AvgIpc) is 2.89. The van der Waals surface area contributed by atoms with Crippen molar-refractivity contribution < 1.29 is 4.74 Å². The molecular formula is C13H18N4O. The molecule has 1 aliphatic rings. The lowest BCUT2D eigenvalue weighted by Crippen LogP contribution is -2.39. The van der Waals surface area contributed by atoms with Crippen LogP contribution in [0.2, 0.25) is 0 Å². The van der Waals surface area contributed by atoms with E-state index in [-0.39, 0.29) is 0 Å². The molecule has 1 fully saturated rings. The van der Waals surface area contributed by atoms with E-state index in [0.717, 1.165) is 50.9 Å². The lowest BCUT2D eigenvalue weighted by atomic mass is 10.4. The van der Waals surface area contributed by atoms with Crippen molar-refractivity contribution in [2.45, 2.75) is 0 Å². The van der Waals surface area contributed by atoms with Crippen LogP contribution in [-0.2, 0) is 4.74 Å². The van der Waals surface area contributed by atoms with Crippen molar-refractivity contribution in [3.8, 4) is 0 Å². The van der Waals surface area contributed by atoms with Crippen molar-refractivity contribution in [2.75, 3.05) is 44.7 Å². The predicted molar refractivity (Wildman–Crippen MR) is 70.9 cm³/mol. The molecule has 5 heteroatoms. The van der Waals surface area contributed by atoms with Crippen LogP contribution in [0.1, 0.15) is 0 Å². The fourth-order valence-corrected chi connectivity index (χ4v) is 2.26. The third kappa shape index (κ3) is 2.47. The number of ether oxygens (including phenoxy) is 1.